The normalized spacial score (nSPS) is 16.2. The predicted molar refractivity (Wildman–Crippen MR) is 56.6 cm³/mol. The van der Waals surface area contributed by atoms with Gasteiger partial charge in [-0.3, -0.25) is 5.09 Å². The summed E-state index contributed by atoms with van der Waals surface area (Å²) < 4.78 is 5.77. The zero-order valence-corrected chi connectivity index (χ0v) is 10.2. The first kappa shape index (κ1) is 12.3. The third kappa shape index (κ3) is 8.45. The van der Waals surface area contributed by atoms with Gasteiger partial charge >= 0.3 is 0 Å². The van der Waals surface area contributed by atoms with Crippen molar-refractivity contribution in [3.63, 3.8) is 0 Å². The molecule has 0 rings (SSSR count). The van der Waals surface area contributed by atoms with Gasteiger partial charge in [0.1, 0.15) is 0 Å². The first-order valence-corrected chi connectivity index (χ1v) is 6.01. The minimum atomic E-state index is -0.507. The second-order valence-electron chi connectivity index (χ2n) is 5.06. The SMILES string of the molecule is CP(NC(C)(C)C)OC(C)(C)C. The molecule has 12 heavy (non-hydrogen) atoms. The van der Waals surface area contributed by atoms with Crippen LogP contribution >= 0.6 is 8.30 Å². The van der Waals surface area contributed by atoms with Crippen molar-refractivity contribution in [2.45, 2.75) is 52.7 Å². The van der Waals surface area contributed by atoms with Gasteiger partial charge in [-0.2, -0.15) is 0 Å². The molecule has 0 spiro atoms. The Morgan fingerprint density at radius 1 is 1.00 bits per heavy atom. The summed E-state index contributed by atoms with van der Waals surface area (Å²) in [6.45, 7) is 14.8. The van der Waals surface area contributed by atoms with Gasteiger partial charge in [-0.25, -0.2) is 0 Å². The summed E-state index contributed by atoms with van der Waals surface area (Å²) in [5, 5.41) is 3.42. The number of rotatable bonds is 2. The van der Waals surface area contributed by atoms with Gasteiger partial charge in [-0.15, -0.1) is 0 Å². The highest BCUT2D eigenvalue weighted by molar-refractivity contribution is 7.49. The van der Waals surface area contributed by atoms with E-state index in [4.69, 9.17) is 4.52 Å². The Bertz CT molecular complexity index is 118. The van der Waals surface area contributed by atoms with Crippen molar-refractivity contribution in [3.05, 3.63) is 0 Å². The maximum Gasteiger partial charge on any atom is 0.0991 e. The molecule has 0 aliphatic rings. The van der Waals surface area contributed by atoms with Crippen molar-refractivity contribution in [2.24, 2.45) is 0 Å². The predicted octanol–water partition coefficient (Wildman–Crippen LogP) is 3.13. The fourth-order valence-corrected chi connectivity index (χ4v) is 2.72. The Hall–Kier alpha value is 0.350. The molecule has 0 aromatic carbocycles. The van der Waals surface area contributed by atoms with Crippen LogP contribution in [0.3, 0.4) is 0 Å². The summed E-state index contributed by atoms with van der Waals surface area (Å²) in [7, 11) is -0.507. The van der Waals surface area contributed by atoms with Gasteiger partial charge in [0.15, 0.2) is 0 Å². The van der Waals surface area contributed by atoms with Gasteiger partial charge in [-0.05, 0) is 48.2 Å². The quantitative estimate of drug-likeness (QED) is 0.677. The Kier molecular flexibility index (Phi) is 4.16. The Labute approximate surface area is 78.0 Å². The zero-order chi connectivity index (χ0) is 9.99. The maximum absolute atomic E-state index is 5.77. The van der Waals surface area contributed by atoms with Crippen molar-refractivity contribution < 1.29 is 4.52 Å². The molecule has 0 radical (unpaired) electrons. The highest BCUT2D eigenvalue weighted by Gasteiger charge is 2.19. The molecule has 0 heterocycles. The summed E-state index contributed by atoms with van der Waals surface area (Å²) in [6, 6.07) is 0. The van der Waals surface area contributed by atoms with Gasteiger partial charge in [0, 0.05) is 5.54 Å². The van der Waals surface area contributed by atoms with E-state index < -0.39 is 8.30 Å². The molecule has 74 valence electrons. The monoisotopic (exact) mass is 191 g/mol. The van der Waals surface area contributed by atoms with E-state index in [1.54, 1.807) is 0 Å². The van der Waals surface area contributed by atoms with Gasteiger partial charge in [0.05, 0.1) is 13.9 Å². The van der Waals surface area contributed by atoms with Crippen molar-refractivity contribution in [1.82, 2.24) is 5.09 Å². The van der Waals surface area contributed by atoms with E-state index in [-0.39, 0.29) is 11.1 Å². The highest BCUT2D eigenvalue weighted by atomic mass is 31.2. The Balaban J connectivity index is 3.83. The molecular weight excluding hydrogens is 169 g/mol. The van der Waals surface area contributed by atoms with Crippen molar-refractivity contribution in [2.75, 3.05) is 6.66 Å². The Morgan fingerprint density at radius 2 is 1.42 bits per heavy atom. The van der Waals surface area contributed by atoms with Gasteiger partial charge in [-0.1, -0.05) is 0 Å². The highest BCUT2D eigenvalue weighted by Crippen LogP contribution is 2.35. The molecule has 0 fully saturated rings. The number of hydrogen-bond acceptors (Lipinski definition) is 2. The fraction of sp³-hybridized carbons (Fsp3) is 1.00. The minimum Gasteiger partial charge on any atom is -0.338 e. The molecule has 0 saturated heterocycles. The average molecular weight is 191 g/mol. The van der Waals surface area contributed by atoms with E-state index in [1.807, 2.05) is 0 Å². The first-order valence-electron chi connectivity index (χ1n) is 4.31. The fourth-order valence-electron chi connectivity index (χ4n) is 0.906. The van der Waals surface area contributed by atoms with E-state index in [1.165, 1.54) is 0 Å². The van der Waals surface area contributed by atoms with Crippen molar-refractivity contribution in [3.8, 4) is 0 Å². The van der Waals surface area contributed by atoms with Gasteiger partial charge in [0.2, 0.25) is 0 Å². The molecule has 0 aliphatic heterocycles. The molecule has 1 N–H and O–H groups in total. The third-order valence-electron chi connectivity index (χ3n) is 0.904. The largest absolute Gasteiger partial charge is 0.338 e. The van der Waals surface area contributed by atoms with E-state index in [0.29, 0.717) is 0 Å². The maximum atomic E-state index is 5.77. The van der Waals surface area contributed by atoms with Crippen LogP contribution in [0.25, 0.3) is 0 Å². The van der Waals surface area contributed by atoms with E-state index in [9.17, 15) is 0 Å². The van der Waals surface area contributed by atoms with E-state index in [0.717, 1.165) is 0 Å². The minimum absolute atomic E-state index is 0.0430. The van der Waals surface area contributed by atoms with Crippen LogP contribution in [0.2, 0.25) is 0 Å². The molecule has 0 aromatic rings. The molecule has 0 aliphatic carbocycles. The summed E-state index contributed by atoms with van der Waals surface area (Å²) >= 11 is 0. The lowest BCUT2D eigenvalue weighted by molar-refractivity contribution is 0.147. The second-order valence-corrected chi connectivity index (χ2v) is 6.46. The summed E-state index contributed by atoms with van der Waals surface area (Å²) in [4.78, 5) is 0. The molecule has 0 aromatic heterocycles. The topological polar surface area (TPSA) is 21.3 Å². The lowest BCUT2D eigenvalue weighted by Gasteiger charge is -2.30. The molecule has 0 saturated carbocycles. The average Bonchev–Trinajstić information content (AvgIpc) is 1.49. The second kappa shape index (κ2) is 4.04. The molecular formula is C9H22NOP. The lowest BCUT2D eigenvalue weighted by atomic mass is 10.1. The van der Waals surface area contributed by atoms with Crippen molar-refractivity contribution in [1.29, 1.82) is 0 Å². The van der Waals surface area contributed by atoms with E-state index >= 15 is 0 Å². The van der Waals surface area contributed by atoms with Gasteiger partial charge < -0.3 is 4.52 Å². The van der Waals surface area contributed by atoms with Crippen LogP contribution in [-0.4, -0.2) is 17.8 Å². The number of hydrogen-bond donors (Lipinski definition) is 1. The van der Waals surface area contributed by atoms with Crippen LogP contribution < -0.4 is 5.09 Å². The third-order valence-corrected chi connectivity index (χ3v) is 2.71. The molecule has 3 heteroatoms. The number of nitrogens with one attached hydrogen (secondary N) is 1. The van der Waals surface area contributed by atoms with Crippen molar-refractivity contribution >= 4 is 8.30 Å². The van der Waals surface area contributed by atoms with Crippen LogP contribution in [0, 0.1) is 0 Å². The molecule has 0 amide bonds. The van der Waals surface area contributed by atoms with Crippen LogP contribution in [-0.2, 0) is 4.52 Å². The Morgan fingerprint density at radius 3 is 1.67 bits per heavy atom. The molecule has 0 bridgehead atoms. The molecule has 2 nitrogen and oxygen atoms in total. The van der Waals surface area contributed by atoms with Gasteiger partial charge in [0.25, 0.3) is 0 Å². The molecule has 1 unspecified atom stereocenters. The first-order chi connectivity index (χ1) is 5.10. The molecule has 1 atom stereocenters. The van der Waals surface area contributed by atoms with Crippen LogP contribution in [0.15, 0.2) is 0 Å². The summed E-state index contributed by atoms with van der Waals surface area (Å²) in [5.41, 5.74) is 0.102. The zero-order valence-electron chi connectivity index (χ0n) is 9.36. The summed E-state index contributed by atoms with van der Waals surface area (Å²) in [6.07, 6.45) is 0. The lowest BCUT2D eigenvalue weighted by Crippen LogP contribution is -2.33. The van der Waals surface area contributed by atoms with E-state index in [2.05, 4.69) is 53.3 Å². The van der Waals surface area contributed by atoms with Crippen LogP contribution in [0.5, 0.6) is 0 Å². The van der Waals surface area contributed by atoms with Crippen LogP contribution in [0.4, 0.5) is 0 Å². The van der Waals surface area contributed by atoms with Crippen LogP contribution in [0.1, 0.15) is 41.5 Å². The smallest absolute Gasteiger partial charge is 0.0991 e. The standard InChI is InChI=1S/C9H22NOP/c1-8(2,3)10-12(7)11-9(4,5)6/h10H,1-7H3. The summed E-state index contributed by atoms with van der Waals surface area (Å²) in [5.74, 6) is 0.